The van der Waals surface area contributed by atoms with Crippen molar-refractivity contribution < 1.29 is 9.53 Å². The van der Waals surface area contributed by atoms with Gasteiger partial charge in [-0.3, -0.25) is 4.79 Å². The van der Waals surface area contributed by atoms with Gasteiger partial charge in [-0.05, 0) is 19.8 Å². The summed E-state index contributed by atoms with van der Waals surface area (Å²) in [6.45, 7) is 7.37. The molecule has 0 heterocycles. The van der Waals surface area contributed by atoms with Crippen LogP contribution < -0.4 is 5.32 Å². The zero-order valence-corrected chi connectivity index (χ0v) is 9.85. The molecule has 0 radical (unpaired) electrons. The van der Waals surface area contributed by atoms with Gasteiger partial charge in [0.05, 0.1) is 12.0 Å². The Morgan fingerprint density at radius 1 is 1.36 bits per heavy atom. The molecule has 0 rings (SSSR count). The van der Waals surface area contributed by atoms with Crippen molar-refractivity contribution in [3.8, 4) is 0 Å². The van der Waals surface area contributed by atoms with E-state index in [1.54, 1.807) is 7.05 Å². The van der Waals surface area contributed by atoms with E-state index in [1.165, 1.54) is 0 Å². The average molecular weight is 201 g/mol. The highest BCUT2D eigenvalue weighted by atomic mass is 16.5. The van der Waals surface area contributed by atoms with Crippen molar-refractivity contribution in [3.63, 3.8) is 0 Å². The molecule has 0 aromatic carbocycles. The maximum Gasteiger partial charge on any atom is 0.228 e. The van der Waals surface area contributed by atoms with Gasteiger partial charge in [0.15, 0.2) is 0 Å². The first-order chi connectivity index (χ1) is 6.60. The van der Waals surface area contributed by atoms with Crippen molar-refractivity contribution >= 4 is 5.91 Å². The summed E-state index contributed by atoms with van der Waals surface area (Å²) in [5.41, 5.74) is -0.362. The van der Waals surface area contributed by atoms with Crippen LogP contribution in [0.5, 0.6) is 0 Å². The van der Waals surface area contributed by atoms with Gasteiger partial charge in [-0.25, -0.2) is 0 Å². The third kappa shape index (κ3) is 4.09. The minimum absolute atomic E-state index is 0.0791. The quantitative estimate of drug-likeness (QED) is 0.639. The van der Waals surface area contributed by atoms with E-state index >= 15 is 0 Å². The smallest absolute Gasteiger partial charge is 0.228 e. The van der Waals surface area contributed by atoms with Gasteiger partial charge in [-0.1, -0.05) is 20.3 Å². The zero-order valence-electron chi connectivity index (χ0n) is 9.85. The zero-order chi connectivity index (χ0) is 11.0. The van der Waals surface area contributed by atoms with E-state index in [4.69, 9.17) is 4.74 Å². The molecule has 1 N–H and O–H groups in total. The summed E-state index contributed by atoms with van der Waals surface area (Å²) in [5.74, 6) is 0.0791. The van der Waals surface area contributed by atoms with E-state index in [0.717, 1.165) is 25.9 Å². The van der Waals surface area contributed by atoms with Crippen LogP contribution in [0.15, 0.2) is 0 Å². The highest BCUT2D eigenvalue weighted by molar-refractivity contribution is 5.82. The van der Waals surface area contributed by atoms with Crippen molar-refractivity contribution in [1.82, 2.24) is 5.32 Å². The van der Waals surface area contributed by atoms with E-state index in [2.05, 4.69) is 19.2 Å². The van der Waals surface area contributed by atoms with Gasteiger partial charge < -0.3 is 10.1 Å². The molecule has 0 aromatic rings. The van der Waals surface area contributed by atoms with E-state index in [1.807, 2.05) is 6.92 Å². The molecule has 84 valence electrons. The topological polar surface area (TPSA) is 38.3 Å². The number of amides is 1. The lowest BCUT2D eigenvalue weighted by atomic mass is 9.85. The summed E-state index contributed by atoms with van der Waals surface area (Å²) in [7, 11) is 1.68. The molecule has 0 bridgehead atoms. The predicted octanol–water partition coefficient (Wildman–Crippen LogP) is 1.97. The molecule has 3 heteroatoms. The summed E-state index contributed by atoms with van der Waals surface area (Å²) in [6.07, 6.45) is 2.87. The van der Waals surface area contributed by atoms with Gasteiger partial charge in [0.1, 0.15) is 0 Å². The Labute approximate surface area is 87.2 Å². The van der Waals surface area contributed by atoms with Crippen molar-refractivity contribution in [2.75, 3.05) is 20.3 Å². The van der Waals surface area contributed by atoms with Crippen LogP contribution in [0, 0.1) is 5.41 Å². The Balaban J connectivity index is 4.16. The lowest BCUT2D eigenvalue weighted by molar-refractivity contribution is -0.133. The third-order valence-corrected chi connectivity index (χ3v) is 2.35. The third-order valence-electron chi connectivity index (χ3n) is 2.35. The molecule has 0 aliphatic rings. The van der Waals surface area contributed by atoms with Gasteiger partial charge in [0, 0.05) is 13.7 Å². The minimum Gasteiger partial charge on any atom is -0.380 e. The molecule has 0 aliphatic heterocycles. The number of hydrogen-bond donors (Lipinski definition) is 1. The Morgan fingerprint density at radius 2 is 2.00 bits per heavy atom. The molecule has 3 nitrogen and oxygen atoms in total. The maximum absolute atomic E-state index is 11.6. The van der Waals surface area contributed by atoms with Crippen LogP contribution >= 0.6 is 0 Å². The minimum atomic E-state index is -0.362. The predicted molar refractivity (Wildman–Crippen MR) is 58.2 cm³/mol. The van der Waals surface area contributed by atoms with Gasteiger partial charge in [0.2, 0.25) is 5.91 Å². The van der Waals surface area contributed by atoms with Crippen LogP contribution in [0.25, 0.3) is 0 Å². The largest absolute Gasteiger partial charge is 0.380 e. The molecule has 0 aromatic heterocycles. The van der Waals surface area contributed by atoms with E-state index in [0.29, 0.717) is 6.61 Å². The SMILES string of the molecule is CCCOCC(C)(CCC)C(=O)NC. The van der Waals surface area contributed by atoms with E-state index < -0.39 is 0 Å². The van der Waals surface area contributed by atoms with Crippen molar-refractivity contribution in [3.05, 3.63) is 0 Å². The number of ether oxygens (including phenoxy) is 1. The summed E-state index contributed by atoms with van der Waals surface area (Å²) >= 11 is 0. The van der Waals surface area contributed by atoms with Gasteiger partial charge >= 0.3 is 0 Å². The number of rotatable bonds is 7. The molecule has 1 amide bonds. The molecule has 0 aliphatic carbocycles. The van der Waals surface area contributed by atoms with Crippen molar-refractivity contribution in [2.45, 2.75) is 40.0 Å². The highest BCUT2D eigenvalue weighted by Gasteiger charge is 2.31. The van der Waals surface area contributed by atoms with Crippen LogP contribution in [0.4, 0.5) is 0 Å². The van der Waals surface area contributed by atoms with Crippen LogP contribution in [0.3, 0.4) is 0 Å². The lowest BCUT2D eigenvalue weighted by Crippen LogP contribution is -2.40. The summed E-state index contributed by atoms with van der Waals surface area (Å²) in [4.78, 5) is 11.6. The first kappa shape index (κ1) is 13.4. The first-order valence-electron chi connectivity index (χ1n) is 5.40. The average Bonchev–Trinajstić information content (AvgIpc) is 2.17. The highest BCUT2D eigenvalue weighted by Crippen LogP contribution is 2.23. The van der Waals surface area contributed by atoms with E-state index in [-0.39, 0.29) is 11.3 Å². The molecule has 0 fully saturated rings. The fourth-order valence-electron chi connectivity index (χ4n) is 1.55. The van der Waals surface area contributed by atoms with E-state index in [9.17, 15) is 4.79 Å². The van der Waals surface area contributed by atoms with Crippen LogP contribution in [-0.4, -0.2) is 26.2 Å². The Hall–Kier alpha value is -0.570. The second-order valence-electron chi connectivity index (χ2n) is 3.94. The van der Waals surface area contributed by atoms with Crippen LogP contribution in [-0.2, 0) is 9.53 Å². The van der Waals surface area contributed by atoms with Gasteiger partial charge in [-0.15, -0.1) is 0 Å². The summed E-state index contributed by atoms with van der Waals surface area (Å²) in [6, 6.07) is 0. The fraction of sp³-hybridized carbons (Fsp3) is 0.909. The number of carbonyl (C=O) groups is 1. The first-order valence-corrected chi connectivity index (χ1v) is 5.40. The normalized spacial score (nSPS) is 14.9. The number of hydrogen-bond acceptors (Lipinski definition) is 2. The Kier molecular flexibility index (Phi) is 6.54. The van der Waals surface area contributed by atoms with Gasteiger partial charge in [-0.2, -0.15) is 0 Å². The molecule has 1 atom stereocenters. The maximum atomic E-state index is 11.6. The van der Waals surface area contributed by atoms with Crippen molar-refractivity contribution in [1.29, 1.82) is 0 Å². The Morgan fingerprint density at radius 3 is 2.43 bits per heavy atom. The summed E-state index contributed by atoms with van der Waals surface area (Å²) < 4.78 is 5.46. The van der Waals surface area contributed by atoms with Gasteiger partial charge in [0.25, 0.3) is 0 Å². The molecule has 0 saturated carbocycles. The van der Waals surface area contributed by atoms with Crippen LogP contribution in [0.1, 0.15) is 40.0 Å². The lowest BCUT2D eigenvalue weighted by Gasteiger charge is -2.26. The number of carbonyl (C=O) groups excluding carboxylic acids is 1. The van der Waals surface area contributed by atoms with Crippen LogP contribution in [0.2, 0.25) is 0 Å². The standard InChI is InChI=1S/C11H23NO2/c1-5-7-11(3,10(13)12-4)9-14-8-6-2/h5-9H2,1-4H3,(H,12,13). The monoisotopic (exact) mass is 201 g/mol. The molecule has 14 heavy (non-hydrogen) atoms. The fourth-order valence-corrected chi connectivity index (χ4v) is 1.55. The molecule has 0 spiro atoms. The molecule has 1 unspecified atom stereocenters. The number of nitrogens with one attached hydrogen (secondary N) is 1. The summed E-state index contributed by atoms with van der Waals surface area (Å²) in [5, 5.41) is 2.70. The molecular weight excluding hydrogens is 178 g/mol. The second kappa shape index (κ2) is 6.82. The molecular formula is C11H23NO2. The van der Waals surface area contributed by atoms with Crippen molar-refractivity contribution in [2.24, 2.45) is 5.41 Å². The second-order valence-corrected chi connectivity index (χ2v) is 3.94. The Bertz CT molecular complexity index is 171. The molecule has 0 saturated heterocycles.